The molecule has 3 aromatic rings. The van der Waals surface area contributed by atoms with E-state index in [4.69, 9.17) is 4.98 Å². The fourth-order valence-electron chi connectivity index (χ4n) is 8.86. The Morgan fingerprint density at radius 3 is 2.23 bits per heavy atom. The lowest BCUT2D eigenvalue weighted by atomic mass is 9.48. The lowest BCUT2D eigenvalue weighted by Crippen LogP contribution is -2.46. The van der Waals surface area contributed by atoms with Gasteiger partial charge in [0.2, 0.25) is 0 Å². The second-order valence-electron chi connectivity index (χ2n) is 13.2. The first-order valence-electron chi connectivity index (χ1n) is 14.8. The van der Waals surface area contributed by atoms with Crippen LogP contribution in [0.5, 0.6) is 0 Å². The first-order valence-corrected chi connectivity index (χ1v) is 14.8. The molecule has 4 saturated carbocycles. The molecule has 6 heteroatoms. The number of aromatic nitrogens is 2. The van der Waals surface area contributed by atoms with Crippen molar-refractivity contribution in [1.29, 1.82) is 0 Å². The van der Waals surface area contributed by atoms with E-state index in [0.717, 1.165) is 58.8 Å². The van der Waals surface area contributed by atoms with Crippen molar-refractivity contribution in [2.24, 2.45) is 30.2 Å². The van der Waals surface area contributed by atoms with Crippen molar-refractivity contribution in [2.75, 3.05) is 5.32 Å². The number of anilines is 1. The lowest BCUT2D eigenvalue weighted by Gasteiger charge is -2.57. The Bertz CT molecular complexity index is 1430. The van der Waals surface area contributed by atoms with Gasteiger partial charge >= 0.3 is 5.97 Å². The summed E-state index contributed by atoms with van der Waals surface area (Å²) < 4.78 is 2.15. The maximum absolute atomic E-state index is 13.8. The highest BCUT2D eigenvalue weighted by molar-refractivity contribution is 6.04. The smallest absolute Gasteiger partial charge is 0.307 e. The molecule has 0 spiro atoms. The van der Waals surface area contributed by atoms with Crippen LogP contribution < -0.4 is 5.32 Å². The molecule has 1 heterocycles. The number of nitrogens with one attached hydrogen (secondary N) is 1. The molecule has 0 unspecified atom stereocenters. The molecule has 1 aromatic heterocycles. The molecule has 0 aliphatic heterocycles. The summed E-state index contributed by atoms with van der Waals surface area (Å²) in [7, 11) is 2.06. The standard InChI is InChI=1S/C34H41N3O3/c1-20-10-21(2)30(22(3)11-20)32-36-31(33(40)35-27-7-5-6-23(15-27)16-29(38)39)28(37(32)4)8-9-34-17-24-12-25(18-34)14-26(13-24)19-34/h5-7,10-11,15,24-26H,8-9,12-14,16-19H2,1-4H3,(H,35,40)(H,38,39). The maximum Gasteiger partial charge on any atom is 0.307 e. The van der Waals surface area contributed by atoms with E-state index < -0.39 is 5.97 Å². The Hall–Kier alpha value is -3.41. The van der Waals surface area contributed by atoms with Gasteiger partial charge in [-0.25, -0.2) is 4.98 Å². The number of benzene rings is 2. The third-order valence-electron chi connectivity index (χ3n) is 9.93. The van der Waals surface area contributed by atoms with Crippen LogP contribution in [0.25, 0.3) is 11.4 Å². The number of carboxylic acids is 1. The van der Waals surface area contributed by atoms with Crippen LogP contribution in [0.4, 0.5) is 5.69 Å². The number of aliphatic carboxylic acids is 1. The van der Waals surface area contributed by atoms with Gasteiger partial charge in [-0.2, -0.15) is 0 Å². The second-order valence-corrected chi connectivity index (χ2v) is 13.2. The van der Waals surface area contributed by atoms with E-state index in [0.29, 0.717) is 22.4 Å². The van der Waals surface area contributed by atoms with Gasteiger partial charge in [-0.3, -0.25) is 9.59 Å². The highest BCUT2D eigenvalue weighted by atomic mass is 16.4. The molecule has 40 heavy (non-hydrogen) atoms. The fourth-order valence-corrected chi connectivity index (χ4v) is 8.86. The minimum atomic E-state index is -0.895. The zero-order chi connectivity index (χ0) is 28.2. The average molecular weight is 540 g/mol. The monoisotopic (exact) mass is 539 g/mol. The first-order chi connectivity index (χ1) is 19.1. The van der Waals surface area contributed by atoms with Crippen LogP contribution in [0, 0.1) is 43.9 Å². The summed E-state index contributed by atoms with van der Waals surface area (Å²) >= 11 is 0. The van der Waals surface area contributed by atoms with Crippen molar-refractivity contribution in [3.63, 3.8) is 0 Å². The van der Waals surface area contributed by atoms with Gasteiger partial charge in [-0.1, -0.05) is 29.8 Å². The number of carboxylic acid groups (broad SMARTS) is 1. The molecule has 2 aromatic carbocycles. The van der Waals surface area contributed by atoms with Crippen molar-refractivity contribution >= 4 is 17.6 Å². The summed E-state index contributed by atoms with van der Waals surface area (Å²) in [5.74, 6) is 2.39. The van der Waals surface area contributed by atoms with Gasteiger partial charge in [0, 0.05) is 18.3 Å². The minimum Gasteiger partial charge on any atom is -0.481 e. The van der Waals surface area contributed by atoms with E-state index in [1.165, 1.54) is 44.1 Å². The zero-order valence-corrected chi connectivity index (χ0v) is 24.2. The second kappa shape index (κ2) is 10.2. The van der Waals surface area contributed by atoms with Crippen LogP contribution in [-0.2, 0) is 24.7 Å². The van der Waals surface area contributed by atoms with Crippen molar-refractivity contribution < 1.29 is 14.7 Å². The lowest BCUT2D eigenvalue weighted by molar-refractivity contribution is -0.136. The molecular formula is C34H41N3O3. The number of hydrogen-bond donors (Lipinski definition) is 2. The third-order valence-corrected chi connectivity index (χ3v) is 9.93. The summed E-state index contributed by atoms with van der Waals surface area (Å²) in [5.41, 5.74) is 7.74. The van der Waals surface area contributed by atoms with Crippen molar-refractivity contribution in [1.82, 2.24) is 9.55 Å². The highest BCUT2D eigenvalue weighted by Crippen LogP contribution is 2.61. The number of imidazole rings is 1. The molecule has 2 N–H and O–H groups in total. The van der Waals surface area contributed by atoms with Crippen molar-refractivity contribution in [2.45, 2.75) is 78.6 Å². The first kappa shape index (κ1) is 26.8. The minimum absolute atomic E-state index is 0.0836. The van der Waals surface area contributed by atoms with Crippen LogP contribution in [0.2, 0.25) is 0 Å². The van der Waals surface area contributed by atoms with Crippen LogP contribution in [0.3, 0.4) is 0 Å². The molecule has 4 fully saturated rings. The largest absolute Gasteiger partial charge is 0.481 e. The molecule has 4 aliphatic carbocycles. The molecule has 210 valence electrons. The Morgan fingerprint density at radius 2 is 1.62 bits per heavy atom. The quantitative estimate of drug-likeness (QED) is 0.322. The van der Waals surface area contributed by atoms with E-state index in [1.807, 2.05) is 0 Å². The van der Waals surface area contributed by atoms with Gasteiger partial charge in [-0.15, -0.1) is 0 Å². The average Bonchev–Trinajstić information content (AvgIpc) is 3.17. The normalized spacial score (nSPS) is 24.9. The van der Waals surface area contributed by atoms with E-state index in [1.54, 1.807) is 24.3 Å². The summed E-state index contributed by atoms with van der Waals surface area (Å²) in [6.07, 6.45) is 10.2. The Balaban J connectivity index is 1.34. The molecule has 7 rings (SSSR count). The predicted molar refractivity (Wildman–Crippen MR) is 158 cm³/mol. The number of carbonyl (C=O) groups excluding carboxylic acids is 1. The van der Waals surface area contributed by atoms with Crippen LogP contribution in [0.1, 0.15) is 83.4 Å². The SMILES string of the molecule is Cc1cc(C)c(-c2nc(C(=O)Nc3cccc(CC(=O)O)c3)c(CCC34CC5CC(CC(C5)C3)C4)n2C)c(C)c1. The van der Waals surface area contributed by atoms with Crippen molar-refractivity contribution in [3.8, 4) is 11.4 Å². The van der Waals surface area contributed by atoms with Gasteiger partial charge in [0.15, 0.2) is 0 Å². The summed E-state index contributed by atoms with van der Waals surface area (Å²) in [6.45, 7) is 6.34. The molecule has 1 amide bonds. The number of aryl methyl sites for hydroxylation is 3. The van der Waals surface area contributed by atoms with Crippen molar-refractivity contribution in [3.05, 3.63) is 70.0 Å². The van der Waals surface area contributed by atoms with Crippen LogP contribution in [0.15, 0.2) is 36.4 Å². The number of rotatable bonds is 8. The number of amides is 1. The summed E-state index contributed by atoms with van der Waals surface area (Å²) in [4.78, 5) is 30.0. The van der Waals surface area contributed by atoms with Gasteiger partial charge in [0.25, 0.3) is 5.91 Å². The van der Waals surface area contributed by atoms with Gasteiger partial charge in [-0.05, 0) is 124 Å². The topological polar surface area (TPSA) is 84.2 Å². The molecule has 0 saturated heterocycles. The zero-order valence-electron chi connectivity index (χ0n) is 24.2. The Kier molecular flexibility index (Phi) is 6.84. The van der Waals surface area contributed by atoms with E-state index in [9.17, 15) is 14.7 Å². The Morgan fingerprint density at radius 1 is 1.00 bits per heavy atom. The fraction of sp³-hybridized carbons (Fsp3) is 0.500. The summed E-state index contributed by atoms with van der Waals surface area (Å²) in [5, 5.41) is 12.2. The van der Waals surface area contributed by atoms with Gasteiger partial charge in [0.1, 0.15) is 11.5 Å². The van der Waals surface area contributed by atoms with Gasteiger partial charge < -0.3 is 15.0 Å². The molecule has 4 bridgehead atoms. The molecular weight excluding hydrogens is 498 g/mol. The summed E-state index contributed by atoms with van der Waals surface area (Å²) in [6, 6.07) is 11.4. The van der Waals surface area contributed by atoms with Gasteiger partial charge in [0.05, 0.1) is 12.1 Å². The molecule has 0 radical (unpaired) electrons. The van der Waals surface area contributed by atoms with E-state index >= 15 is 0 Å². The molecule has 0 atom stereocenters. The number of carbonyl (C=O) groups is 2. The van der Waals surface area contributed by atoms with Crippen LogP contribution in [-0.4, -0.2) is 26.5 Å². The third kappa shape index (κ3) is 5.09. The number of nitrogens with zero attached hydrogens (tertiary/aromatic N) is 2. The predicted octanol–water partition coefficient (Wildman–Crippen LogP) is 7.04. The Labute approximate surface area is 237 Å². The van der Waals surface area contributed by atoms with Crippen LogP contribution >= 0.6 is 0 Å². The molecule has 4 aliphatic rings. The van der Waals surface area contributed by atoms with E-state index in [2.05, 4.69) is 49.8 Å². The molecule has 6 nitrogen and oxygen atoms in total. The number of hydrogen-bond acceptors (Lipinski definition) is 3. The highest BCUT2D eigenvalue weighted by Gasteiger charge is 2.50. The van der Waals surface area contributed by atoms with E-state index in [-0.39, 0.29) is 12.3 Å². The maximum atomic E-state index is 13.8.